The first-order valence-corrected chi connectivity index (χ1v) is 6.11. The highest BCUT2D eigenvalue weighted by molar-refractivity contribution is 5.48. The Morgan fingerprint density at radius 3 is 3.22 bits per heavy atom. The van der Waals surface area contributed by atoms with Crippen LogP contribution in [0.2, 0.25) is 0 Å². The van der Waals surface area contributed by atoms with Crippen LogP contribution in [0.5, 0.6) is 0 Å². The summed E-state index contributed by atoms with van der Waals surface area (Å²) in [4.78, 5) is 14.4. The van der Waals surface area contributed by atoms with Crippen molar-refractivity contribution < 1.29 is 4.11 Å². The van der Waals surface area contributed by atoms with Crippen molar-refractivity contribution in [1.29, 1.82) is 0 Å². The Balaban J connectivity index is 2.25. The fourth-order valence-electron chi connectivity index (χ4n) is 3.34. The summed E-state index contributed by atoms with van der Waals surface area (Å²) < 4.78 is 22.6. The first-order valence-electron chi connectivity index (χ1n) is 7.61. The third-order valence-electron chi connectivity index (χ3n) is 4.02. The van der Waals surface area contributed by atoms with Crippen molar-refractivity contribution in [3.05, 3.63) is 57.0 Å². The molecule has 18 heavy (non-hydrogen) atoms. The zero-order chi connectivity index (χ0) is 15.4. The van der Waals surface area contributed by atoms with Gasteiger partial charge < -0.3 is 10.7 Å². The molecule has 94 valence electrons. The summed E-state index contributed by atoms with van der Waals surface area (Å²) in [6.07, 6.45) is 4.56. The molecule has 1 aromatic rings. The van der Waals surface area contributed by atoms with Crippen LogP contribution < -0.4 is 11.3 Å². The van der Waals surface area contributed by atoms with E-state index in [1.165, 1.54) is 12.1 Å². The number of nitrogens with one attached hydrogen (secondary N) is 1. The molecule has 3 N–H and O–H groups in total. The molecule has 0 saturated carbocycles. The Labute approximate surface area is 111 Å². The van der Waals surface area contributed by atoms with E-state index in [0.29, 0.717) is 12.8 Å². The summed E-state index contributed by atoms with van der Waals surface area (Å²) in [7, 11) is 0. The van der Waals surface area contributed by atoms with Crippen LogP contribution in [0.25, 0.3) is 0 Å². The average molecular weight is 245 g/mol. The number of nitrogens with two attached hydrogens (primary N) is 1. The minimum atomic E-state index is -2.16. The highest BCUT2D eigenvalue weighted by Gasteiger charge is 2.43. The minimum absolute atomic E-state index is 0.0604. The quantitative estimate of drug-likeness (QED) is 0.687. The summed E-state index contributed by atoms with van der Waals surface area (Å²) in [6.45, 7) is -0.144. The van der Waals surface area contributed by atoms with Crippen LogP contribution in [0.4, 0.5) is 0 Å². The zero-order valence-electron chi connectivity index (χ0n) is 13.3. The van der Waals surface area contributed by atoms with Gasteiger partial charge in [-0.25, -0.2) is 0 Å². The third kappa shape index (κ3) is 1.44. The number of H-pyrrole nitrogens is 1. The van der Waals surface area contributed by atoms with E-state index in [0.717, 1.165) is 22.4 Å². The van der Waals surface area contributed by atoms with Gasteiger partial charge in [0.2, 0.25) is 5.56 Å². The number of hydrogen-bond acceptors (Lipinski definition) is 2. The van der Waals surface area contributed by atoms with Gasteiger partial charge in [-0.15, -0.1) is 0 Å². The lowest BCUT2D eigenvalue weighted by molar-refractivity contribution is 0.409. The molecule has 1 aromatic heterocycles. The van der Waals surface area contributed by atoms with Gasteiger partial charge in [0.15, 0.2) is 0 Å². The smallest absolute Gasteiger partial charge is 0.248 e. The first-order chi connectivity index (χ1) is 9.69. The van der Waals surface area contributed by atoms with E-state index in [-0.39, 0.29) is 11.5 Å². The van der Waals surface area contributed by atoms with Crippen LogP contribution in [0.1, 0.15) is 35.6 Å². The van der Waals surface area contributed by atoms with Crippen molar-refractivity contribution in [3.8, 4) is 0 Å². The molecule has 2 aliphatic rings. The van der Waals surface area contributed by atoms with E-state index in [4.69, 9.17) is 9.85 Å². The fraction of sp³-hybridized carbons (Fsp3) is 0.400. The zero-order valence-corrected chi connectivity index (χ0v) is 10.3. The number of hydrogen-bond donors (Lipinski definition) is 2. The number of aromatic nitrogens is 1. The molecule has 3 heteroatoms. The predicted molar refractivity (Wildman–Crippen MR) is 72.3 cm³/mol. The van der Waals surface area contributed by atoms with Crippen molar-refractivity contribution >= 4 is 0 Å². The second-order valence-electron chi connectivity index (χ2n) is 5.29. The van der Waals surface area contributed by atoms with Gasteiger partial charge in [-0.05, 0) is 43.8 Å². The standard InChI is InChI=1S/C15H18N2O/c1-3-11-10-6-9(2)8-15(11,16)12-4-5-14(18)17-13(12)7-10/h3-6,10H,7-8,16H2,1-2H3,(H,17,18)/t10-,15+/m0/s1/i1D3. The molecule has 0 aromatic carbocycles. The van der Waals surface area contributed by atoms with Crippen molar-refractivity contribution in [2.24, 2.45) is 11.7 Å². The molecule has 2 bridgehead atoms. The van der Waals surface area contributed by atoms with Gasteiger partial charge in [0.05, 0.1) is 5.54 Å². The molecule has 0 radical (unpaired) electrons. The molecule has 0 aliphatic heterocycles. The summed E-state index contributed by atoms with van der Waals surface area (Å²) in [5.41, 5.74) is 9.18. The number of pyridine rings is 1. The molecular weight excluding hydrogens is 224 g/mol. The molecule has 3 nitrogen and oxygen atoms in total. The topological polar surface area (TPSA) is 58.9 Å². The molecule has 0 spiro atoms. The average Bonchev–Trinajstić information content (AvgIpc) is 2.30. The van der Waals surface area contributed by atoms with Crippen molar-refractivity contribution in [3.63, 3.8) is 0 Å². The molecule has 2 atom stereocenters. The minimum Gasteiger partial charge on any atom is -0.326 e. The Kier molecular flexibility index (Phi) is 1.74. The van der Waals surface area contributed by atoms with E-state index < -0.39 is 12.4 Å². The molecule has 3 rings (SSSR count). The maximum absolute atomic E-state index is 11.5. The SMILES string of the molecule is [2H]C([2H])([2H])C=C1[C@H]2C=C(C)C[C@]1(N)c1ccc(=O)[nH]c1C2. The summed E-state index contributed by atoms with van der Waals surface area (Å²) in [5.74, 6) is -0.0604. The van der Waals surface area contributed by atoms with Gasteiger partial charge in [0, 0.05) is 21.8 Å². The van der Waals surface area contributed by atoms with E-state index in [2.05, 4.69) is 11.1 Å². The van der Waals surface area contributed by atoms with Crippen LogP contribution in [-0.2, 0) is 12.0 Å². The van der Waals surface area contributed by atoms with Crippen LogP contribution in [0.15, 0.2) is 40.2 Å². The Morgan fingerprint density at radius 1 is 1.61 bits per heavy atom. The molecular formula is C15H18N2O. The molecule has 1 heterocycles. The van der Waals surface area contributed by atoms with Gasteiger partial charge in [0.25, 0.3) is 0 Å². The monoisotopic (exact) mass is 245 g/mol. The Hall–Kier alpha value is -1.61. The first kappa shape index (κ1) is 8.48. The Bertz CT molecular complexity index is 714. The molecule has 0 unspecified atom stereocenters. The third-order valence-corrected chi connectivity index (χ3v) is 4.02. The maximum atomic E-state index is 11.5. The van der Waals surface area contributed by atoms with E-state index in [9.17, 15) is 4.79 Å². The van der Waals surface area contributed by atoms with Crippen LogP contribution >= 0.6 is 0 Å². The fourth-order valence-corrected chi connectivity index (χ4v) is 3.34. The highest BCUT2D eigenvalue weighted by atomic mass is 16.1. The summed E-state index contributed by atoms with van der Waals surface area (Å²) in [5, 5.41) is 0. The van der Waals surface area contributed by atoms with Crippen molar-refractivity contribution in [1.82, 2.24) is 4.98 Å². The number of fused-ring (bicyclic) bond motifs is 4. The second kappa shape index (κ2) is 3.69. The van der Waals surface area contributed by atoms with Crippen molar-refractivity contribution in [2.75, 3.05) is 0 Å². The van der Waals surface area contributed by atoms with Gasteiger partial charge in [-0.2, -0.15) is 0 Å². The lowest BCUT2D eigenvalue weighted by Gasteiger charge is -2.45. The van der Waals surface area contributed by atoms with Gasteiger partial charge in [-0.3, -0.25) is 4.79 Å². The van der Waals surface area contributed by atoms with Crippen LogP contribution in [0.3, 0.4) is 0 Å². The van der Waals surface area contributed by atoms with Gasteiger partial charge in [0.1, 0.15) is 0 Å². The number of allylic oxidation sites excluding steroid dienone is 2. The lowest BCUT2D eigenvalue weighted by Crippen LogP contribution is -2.48. The second-order valence-corrected chi connectivity index (χ2v) is 5.29. The summed E-state index contributed by atoms with van der Waals surface area (Å²) in [6, 6.07) is 3.19. The van der Waals surface area contributed by atoms with Gasteiger partial charge in [-0.1, -0.05) is 17.7 Å². The highest BCUT2D eigenvalue weighted by Crippen LogP contribution is 2.47. The predicted octanol–water partition coefficient (Wildman–Crippen LogP) is 2.00. The van der Waals surface area contributed by atoms with Crippen molar-refractivity contribution in [2.45, 2.75) is 32.2 Å². The van der Waals surface area contributed by atoms with Crippen LogP contribution in [-0.4, -0.2) is 4.98 Å². The Morgan fingerprint density at radius 2 is 2.44 bits per heavy atom. The largest absolute Gasteiger partial charge is 0.326 e. The van der Waals surface area contributed by atoms with E-state index >= 15 is 0 Å². The van der Waals surface area contributed by atoms with Gasteiger partial charge >= 0.3 is 0 Å². The van der Waals surface area contributed by atoms with Crippen LogP contribution in [0, 0.1) is 5.92 Å². The number of rotatable bonds is 0. The molecule has 0 fully saturated rings. The van der Waals surface area contributed by atoms with E-state index in [1.807, 2.05) is 6.92 Å². The van der Waals surface area contributed by atoms with E-state index in [1.54, 1.807) is 6.07 Å². The molecule has 0 saturated heterocycles. The lowest BCUT2D eigenvalue weighted by atomic mass is 9.63. The summed E-state index contributed by atoms with van der Waals surface area (Å²) >= 11 is 0. The molecule has 2 aliphatic carbocycles. The molecule has 0 amide bonds. The normalized spacial score (nSPS) is 35.2. The maximum Gasteiger partial charge on any atom is 0.248 e. The number of aromatic amines is 1.